The molecular formula is C56H66FN5O15. The fourth-order valence-electron chi connectivity index (χ4n) is 10.9. The van der Waals surface area contributed by atoms with Crippen molar-refractivity contribution < 1.29 is 73.2 Å². The first-order valence-electron chi connectivity index (χ1n) is 25.6. The van der Waals surface area contributed by atoms with Gasteiger partial charge in [-0.15, -0.1) is 0 Å². The topological polar surface area (TPSA) is 279 Å². The van der Waals surface area contributed by atoms with Gasteiger partial charge in [0.1, 0.15) is 28.9 Å². The van der Waals surface area contributed by atoms with Gasteiger partial charge in [0.15, 0.2) is 11.6 Å². The highest BCUT2D eigenvalue weighted by Crippen LogP contribution is 2.55. The zero-order valence-electron chi connectivity index (χ0n) is 44.6. The minimum absolute atomic E-state index is 0.0141. The number of ether oxygens (including phenoxy) is 4. The van der Waals surface area contributed by atoms with Gasteiger partial charge >= 0.3 is 17.7 Å². The molecule has 2 fully saturated rings. The van der Waals surface area contributed by atoms with E-state index in [1.54, 1.807) is 56.7 Å². The number of aliphatic hydroxyl groups is 2. The standard InChI is InChI=1S/C56H66FN5O15/c1-25-12-11-13-26(2)53(70)59-42-36(23-58-61-19-17-60(18-20-61)44-28(4)43-34(33-14-15-33)22-35(55(72)73)54(71)62(43)24-37(44)57)48(67)39-40(49(42)68)47(66)31(7)51-41(39)52(69)56(9,77-51)75-21-16-38(74-10)27(3)50(76-32(8)63)30(6)46(65)29(5)45(25)64/h11-13,16,21-25,27,29-30,33,38,45-46,50,64-68H,14-15,17-20H2,1-10H3,(H,59,70)(H,72,73)/b12-11+,21-16+,26-13-,58-23+/t25-,27+,29+,30+,38-,45-,46+,50+,56-/m0/s1. The van der Waals surface area contributed by atoms with Gasteiger partial charge in [-0.05, 0) is 62.8 Å². The number of pyridine rings is 2. The number of aromatic carboxylic acids is 1. The quantitative estimate of drug-likeness (QED) is 0.0447. The molecule has 6 heterocycles. The van der Waals surface area contributed by atoms with E-state index in [4.69, 9.17) is 18.9 Å². The second-order valence-electron chi connectivity index (χ2n) is 20.9. The summed E-state index contributed by atoms with van der Waals surface area (Å²) in [6.07, 6.45) is 6.95. The van der Waals surface area contributed by atoms with E-state index in [9.17, 15) is 54.6 Å². The van der Waals surface area contributed by atoms with Crippen LogP contribution in [0, 0.1) is 43.3 Å². The summed E-state index contributed by atoms with van der Waals surface area (Å²) in [4.78, 5) is 68.2. The number of aliphatic hydroxyl groups excluding tert-OH is 2. The van der Waals surface area contributed by atoms with E-state index in [0.29, 0.717) is 16.6 Å². The SMILES string of the molecule is CO[C@H]1/C=C/O[C@@]2(C)Oc3c(C)c(O)c4c(O)c(c(/C=N/N5CCN(c6c(F)cn7c(=O)c(C(=O)O)cc(C8CC8)c7c6C)CC5)c(O)c4c3C2=O)NC(=O)/C(C)=C\C=C\[C@H](C)[C@H](O)[C@@H](C)[C@@H](O)[C@@H](C)[C@H](OC(C)=O)[C@@H]1C. The van der Waals surface area contributed by atoms with Crippen LogP contribution in [0.1, 0.15) is 110 Å². The Labute approximate surface area is 443 Å². The fraction of sp³-hybridized carbons (Fsp3) is 0.464. The third kappa shape index (κ3) is 10.2. The molecule has 5 bridgehead atoms. The number of hydrazone groups is 1. The molecule has 21 heteroatoms. The van der Waals surface area contributed by atoms with Crippen LogP contribution < -0.4 is 20.5 Å². The number of carboxylic acids is 1. The number of Topliss-reactive ketones (excluding diaryl/α,β-unsaturated/α-hetero) is 1. The van der Waals surface area contributed by atoms with E-state index >= 15 is 4.39 Å². The number of carbonyl (C=O) groups is 4. The molecular weight excluding hydrogens is 1000 g/mol. The Bertz CT molecular complexity index is 3260. The van der Waals surface area contributed by atoms with Crippen LogP contribution in [0.4, 0.5) is 15.8 Å². The zero-order chi connectivity index (χ0) is 56.3. The van der Waals surface area contributed by atoms with Gasteiger partial charge in [-0.1, -0.05) is 45.9 Å². The molecule has 9 rings (SSSR count). The van der Waals surface area contributed by atoms with Gasteiger partial charge in [0.2, 0.25) is 0 Å². The van der Waals surface area contributed by atoms with Crippen LogP contribution in [0.15, 0.2) is 58.3 Å². The second kappa shape index (κ2) is 21.5. The number of carboxylic acid groups (broad SMARTS) is 1. The summed E-state index contributed by atoms with van der Waals surface area (Å²) in [5, 5.41) is 77.4. The second-order valence-corrected chi connectivity index (χ2v) is 20.9. The van der Waals surface area contributed by atoms with E-state index in [0.717, 1.165) is 29.7 Å². The molecule has 2 aromatic carbocycles. The number of aromatic nitrogens is 1. The molecule has 0 unspecified atom stereocenters. The van der Waals surface area contributed by atoms with Crippen LogP contribution in [0.5, 0.6) is 23.0 Å². The maximum Gasteiger partial charge on any atom is 0.341 e. The highest BCUT2D eigenvalue weighted by atomic mass is 19.1. The van der Waals surface area contributed by atoms with Crippen molar-refractivity contribution in [3.8, 4) is 23.0 Å². The number of carbonyl (C=O) groups excluding carboxylic acids is 3. The molecule has 9 atom stereocenters. The van der Waals surface area contributed by atoms with Gasteiger partial charge in [0.25, 0.3) is 17.2 Å². The minimum Gasteiger partial charge on any atom is -0.507 e. The van der Waals surface area contributed by atoms with Crippen molar-refractivity contribution in [2.45, 2.75) is 111 Å². The van der Waals surface area contributed by atoms with Crippen LogP contribution in [0.2, 0.25) is 0 Å². The molecule has 4 aliphatic heterocycles. The van der Waals surface area contributed by atoms with Crippen LogP contribution >= 0.6 is 0 Å². The number of rotatable bonds is 7. The van der Waals surface area contributed by atoms with Crippen LogP contribution in [-0.2, 0) is 23.8 Å². The molecule has 1 amide bonds. The molecule has 1 aliphatic carbocycles. The minimum atomic E-state index is -2.14. The number of phenols is 3. The summed E-state index contributed by atoms with van der Waals surface area (Å²) in [6.45, 7) is 14.7. The van der Waals surface area contributed by atoms with E-state index in [2.05, 4.69) is 10.4 Å². The van der Waals surface area contributed by atoms with Crippen molar-refractivity contribution in [2.75, 3.05) is 43.5 Å². The first-order chi connectivity index (χ1) is 36.3. The molecule has 0 spiro atoms. The number of methoxy groups -OCH3 is 1. The van der Waals surface area contributed by atoms with Gasteiger partial charge in [-0.3, -0.25) is 28.6 Å². The number of aryl methyl sites for hydroxylation is 1. The van der Waals surface area contributed by atoms with E-state index < -0.39 is 117 Å². The third-order valence-electron chi connectivity index (χ3n) is 15.6. The Kier molecular flexibility index (Phi) is 15.6. The van der Waals surface area contributed by atoms with Crippen molar-refractivity contribution >= 4 is 57.5 Å². The van der Waals surface area contributed by atoms with Crippen LogP contribution in [0.25, 0.3) is 16.3 Å². The average molecular weight is 1070 g/mol. The van der Waals surface area contributed by atoms with E-state index in [1.165, 1.54) is 59.2 Å². The number of allylic oxidation sites excluding steroid dienone is 2. The summed E-state index contributed by atoms with van der Waals surface area (Å²) < 4.78 is 41.0. The number of phenolic OH excluding ortho intramolecular Hbond substituents is 3. The van der Waals surface area contributed by atoms with Crippen LogP contribution in [0.3, 0.4) is 0 Å². The lowest BCUT2D eigenvalue weighted by Crippen LogP contribution is -2.46. The predicted molar refractivity (Wildman–Crippen MR) is 282 cm³/mol. The smallest absolute Gasteiger partial charge is 0.341 e. The number of aromatic hydroxyl groups is 3. The number of esters is 1. The zero-order valence-corrected chi connectivity index (χ0v) is 44.6. The molecule has 0 radical (unpaired) electrons. The lowest BCUT2D eigenvalue weighted by molar-refractivity contribution is -0.160. The van der Waals surface area contributed by atoms with Crippen molar-refractivity contribution in [2.24, 2.45) is 28.8 Å². The maximum atomic E-state index is 16.1. The third-order valence-corrected chi connectivity index (χ3v) is 15.6. The van der Waals surface area contributed by atoms with Crippen LogP contribution in [-0.4, -0.2) is 133 Å². The average Bonchev–Trinajstić information content (AvgIpc) is 4.21. The monoisotopic (exact) mass is 1070 g/mol. The number of halogens is 1. The summed E-state index contributed by atoms with van der Waals surface area (Å²) in [7, 11) is 1.41. The molecule has 1 saturated carbocycles. The van der Waals surface area contributed by atoms with Gasteiger partial charge < -0.3 is 59.8 Å². The number of hydrogen-bond donors (Lipinski definition) is 7. The summed E-state index contributed by atoms with van der Waals surface area (Å²) in [5.74, 6) is -11.3. The number of piperazine rings is 1. The first-order valence-corrected chi connectivity index (χ1v) is 25.6. The fourth-order valence-corrected chi connectivity index (χ4v) is 10.9. The normalized spacial score (nSPS) is 28.1. The highest BCUT2D eigenvalue weighted by Gasteiger charge is 2.50. The first kappa shape index (κ1) is 55.7. The summed E-state index contributed by atoms with van der Waals surface area (Å²) >= 11 is 0. The van der Waals surface area contributed by atoms with Crippen molar-refractivity contribution in [1.82, 2.24) is 9.41 Å². The molecule has 5 aliphatic rings. The predicted octanol–water partition coefficient (Wildman–Crippen LogP) is 6.55. The molecule has 20 nitrogen and oxygen atoms in total. The molecule has 1 saturated heterocycles. The Morgan fingerprint density at radius 2 is 1.58 bits per heavy atom. The van der Waals surface area contributed by atoms with Crippen molar-refractivity contribution in [3.05, 3.63) is 98.0 Å². The van der Waals surface area contributed by atoms with Gasteiger partial charge in [0, 0.05) is 74.2 Å². The Hall–Kier alpha value is -7.49. The Morgan fingerprint density at radius 3 is 2.21 bits per heavy atom. The number of fused-ring (bicyclic) bond motifs is 15. The summed E-state index contributed by atoms with van der Waals surface area (Å²) in [6, 6.07) is 1.39. The molecule has 7 N–H and O–H groups in total. The number of nitrogens with zero attached hydrogens (tertiary/aromatic N) is 4. The number of ketones is 1. The largest absolute Gasteiger partial charge is 0.507 e. The van der Waals surface area contributed by atoms with Crippen molar-refractivity contribution in [3.63, 3.8) is 0 Å². The lowest BCUT2D eigenvalue weighted by Gasteiger charge is -2.38. The van der Waals surface area contributed by atoms with E-state index in [1.807, 2.05) is 0 Å². The van der Waals surface area contributed by atoms with Crippen molar-refractivity contribution in [1.29, 1.82) is 0 Å². The van der Waals surface area contributed by atoms with E-state index in [-0.39, 0.29) is 76.9 Å². The molecule has 2 aromatic heterocycles. The Morgan fingerprint density at radius 1 is 0.909 bits per heavy atom. The maximum absolute atomic E-state index is 16.1. The number of benzene rings is 2. The number of anilines is 2. The lowest BCUT2D eigenvalue weighted by atomic mass is 9.78. The number of nitrogens with one attached hydrogen (secondary N) is 1. The highest BCUT2D eigenvalue weighted by molar-refractivity contribution is 6.24. The molecule has 77 heavy (non-hydrogen) atoms. The van der Waals surface area contributed by atoms with Gasteiger partial charge in [-0.2, -0.15) is 5.10 Å². The molecule has 4 aromatic rings. The van der Waals surface area contributed by atoms with Gasteiger partial charge in [0.05, 0.1) is 83.5 Å². The summed E-state index contributed by atoms with van der Waals surface area (Å²) in [5.41, 5.74) is -0.301. The number of amides is 1. The molecule has 412 valence electrons. The van der Waals surface area contributed by atoms with Gasteiger partial charge in [-0.25, -0.2) is 9.18 Å². The Balaban J connectivity index is 1.19. The number of hydrogen-bond acceptors (Lipinski definition) is 17.